The normalized spacial score (nSPS) is 17.1. The number of carbonyl (C=O) groups excluding carboxylic acids is 2. The largest absolute Gasteiger partial charge is 0.463 e. The third-order valence-electron chi connectivity index (χ3n) is 1.87. The molecule has 0 amide bonds. The number of hydrogen-bond donors (Lipinski definition) is 0. The van der Waals surface area contributed by atoms with Crippen LogP contribution < -0.4 is 0 Å². The summed E-state index contributed by atoms with van der Waals surface area (Å²) in [6.45, 7) is 2.78. The Labute approximate surface area is 82.3 Å². The number of ether oxygens (including phenoxy) is 2. The third kappa shape index (κ3) is 3.18. The number of ketones is 1. The van der Waals surface area contributed by atoms with Crippen LogP contribution >= 0.6 is 0 Å². The van der Waals surface area contributed by atoms with Crippen molar-refractivity contribution in [3.8, 4) is 0 Å². The van der Waals surface area contributed by atoms with Crippen LogP contribution in [-0.2, 0) is 19.1 Å². The van der Waals surface area contributed by atoms with Gasteiger partial charge in [-0.1, -0.05) is 0 Å². The molecule has 0 atom stereocenters. The number of hydrogen-bond acceptors (Lipinski definition) is 5. The Morgan fingerprint density at radius 2 is 2.00 bits per heavy atom. The summed E-state index contributed by atoms with van der Waals surface area (Å²) < 4.78 is 9.39. The maximum Gasteiger partial charge on any atom is 0.378 e. The number of carbonyl (C=O) groups is 2. The zero-order chi connectivity index (χ0) is 10.4. The van der Waals surface area contributed by atoms with E-state index in [9.17, 15) is 9.59 Å². The van der Waals surface area contributed by atoms with Crippen molar-refractivity contribution in [2.45, 2.75) is 0 Å². The molecule has 5 heteroatoms. The summed E-state index contributed by atoms with van der Waals surface area (Å²) in [5.41, 5.74) is 0. The van der Waals surface area contributed by atoms with Gasteiger partial charge in [-0.3, -0.25) is 4.79 Å². The van der Waals surface area contributed by atoms with Gasteiger partial charge in [-0.05, 0) is 0 Å². The number of nitrogens with zero attached hydrogens (tertiary/aromatic N) is 1. The van der Waals surface area contributed by atoms with Crippen molar-refractivity contribution in [2.24, 2.45) is 0 Å². The van der Waals surface area contributed by atoms with Crippen LogP contribution in [0.3, 0.4) is 0 Å². The van der Waals surface area contributed by atoms with Crippen LogP contribution in [0.5, 0.6) is 0 Å². The van der Waals surface area contributed by atoms with Crippen LogP contribution in [0, 0.1) is 0 Å². The van der Waals surface area contributed by atoms with Crippen LogP contribution in [-0.4, -0.2) is 50.1 Å². The summed E-state index contributed by atoms with van der Waals surface area (Å²) in [6.07, 6.45) is 2.82. The number of rotatable bonds is 3. The van der Waals surface area contributed by atoms with Crippen molar-refractivity contribution in [3.05, 3.63) is 12.3 Å². The summed E-state index contributed by atoms with van der Waals surface area (Å²) in [5.74, 6) is -1.48. The molecule has 0 aromatic rings. The molecule has 5 nitrogen and oxygen atoms in total. The first-order valence-electron chi connectivity index (χ1n) is 4.36. The zero-order valence-corrected chi connectivity index (χ0v) is 8.06. The lowest BCUT2D eigenvalue weighted by Crippen LogP contribution is -2.32. The number of morpholine rings is 1. The van der Waals surface area contributed by atoms with Gasteiger partial charge in [0.2, 0.25) is 0 Å². The first-order valence-corrected chi connectivity index (χ1v) is 4.36. The molecule has 1 rings (SSSR count). The molecular weight excluding hydrogens is 186 g/mol. The van der Waals surface area contributed by atoms with Gasteiger partial charge in [0.15, 0.2) is 0 Å². The Morgan fingerprint density at radius 1 is 1.36 bits per heavy atom. The summed E-state index contributed by atoms with van der Waals surface area (Å²) in [7, 11) is 1.18. The van der Waals surface area contributed by atoms with E-state index in [4.69, 9.17) is 4.74 Å². The van der Waals surface area contributed by atoms with Crippen molar-refractivity contribution < 1.29 is 19.1 Å². The fourth-order valence-corrected chi connectivity index (χ4v) is 1.07. The number of esters is 1. The van der Waals surface area contributed by atoms with Crippen LogP contribution in [0.1, 0.15) is 0 Å². The topological polar surface area (TPSA) is 55.8 Å². The SMILES string of the molecule is COC(=O)C(=O)C=CN1CCOCC1. The minimum atomic E-state index is -0.838. The Balaban J connectivity index is 2.37. The molecule has 1 fully saturated rings. The lowest BCUT2D eigenvalue weighted by molar-refractivity contribution is -0.149. The highest BCUT2D eigenvalue weighted by Crippen LogP contribution is 1.97. The molecule has 1 saturated heterocycles. The highest BCUT2D eigenvalue weighted by Gasteiger charge is 2.11. The molecule has 0 aromatic carbocycles. The van der Waals surface area contributed by atoms with Gasteiger partial charge >= 0.3 is 5.97 Å². The van der Waals surface area contributed by atoms with E-state index in [2.05, 4.69) is 4.74 Å². The van der Waals surface area contributed by atoms with E-state index >= 15 is 0 Å². The van der Waals surface area contributed by atoms with Crippen LogP contribution in [0.4, 0.5) is 0 Å². The van der Waals surface area contributed by atoms with Gasteiger partial charge in [0.05, 0.1) is 20.3 Å². The minimum Gasteiger partial charge on any atom is -0.463 e. The first-order chi connectivity index (χ1) is 6.74. The second-order valence-electron chi connectivity index (χ2n) is 2.82. The quantitative estimate of drug-likeness (QED) is 0.351. The summed E-state index contributed by atoms with van der Waals surface area (Å²) in [6, 6.07) is 0. The fraction of sp³-hybridized carbons (Fsp3) is 0.556. The Bertz CT molecular complexity index is 243. The summed E-state index contributed by atoms with van der Waals surface area (Å²) in [5, 5.41) is 0. The lowest BCUT2D eigenvalue weighted by atomic mass is 10.3. The van der Waals surface area contributed by atoms with Crippen molar-refractivity contribution >= 4 is 11.8 Å². The molecule has 78 valence electrons. The molecule has 0 bridgehead atoms. The van der Waals surface area contributed by atoms with Gasteiger partial charge in [0, 0.05) is 25.4 Å². The van der Waals surface area contributed by atoms with Gasteiger partial charge in [-0.15, -0.1) is 0 Å². The molecule has 14 heavy (non-hydrogen) atoms. The van der Waals surface area contributed by atoms with Crippen LogP contribution in [0.25, 0.3) is 0 Å². The fourth-order valence-electron chi connectivity index (χ4n) is 1.07. The monoisotopic (exact) mass is 199 g/mol. The highest BCUT2D eigenvalue weighted by atomic mass is 16.5. The maximum absolute atomic E-state index is 11.0. The van der Waals surface area contributed by atoms with E-state index < -0.39 is 11.8 Å². The summed E-state index contributed by atoms with van der Waals surface area (Å²) >= 11 is 0. The van der Waals surface area contributed by atoms with Gasteiger partial charge in [0.1, 0.15) is 0 Å². The molecule has 1 aliphatic rings. The Kier molecular flexibility index (Phi) is 4.12. The van der Waals surface area contributed by atoms with Crippen molar-refractivity contribution in [1.82, 2.24) is 4.90 Å². The van der Waals surface area contributed by atoms with E-state index in [1.165, 1.54) is 13.2 Å². The highest BCUT2D eigenvalue weighted by molar-refractivity contribution is 6.38. The standard InChI is InChI=1S/C9H13NO4/c1-13-9(12)8(11)2-3-10-4-6-14-7-5-10/h2-3H,4-7H2,1H3. The van der Waals surface area contributed by atoms with Gasteiger partial charge in [0.25, 0.3) is 5.78 Å². The second-order valence-corrected chi connectivity index (χ2v) is 2.82. The van der Waals surface area contributed by atoms with Crippen molar-refractivity contribution in [2.75, 3.05) is 33.4 Å². The second kappa shape index (κ2) is 5.39. The molecule has 0 radical (unpaired) electrons. The number of methoxy groups -OCH3 is 1. The Morgan fingerprint density at radius 3 is 2.57 bits per heavy atom. The Hall–Kier alpha value is -1.36. The predicted octanol–water partition coefficient (Wildman–Crippen LogP) is -0.426. The van der Waals surface area contributed by atoms with Gasteiger partial charge in [-0.2, -0.15) is 0 Å². The van der Waals surface area contributed by atoms with Gasteiger partial charge in [-0.25, -0.2) is 4.79 Å². The van der Waals surface area contributed by atoms with Crippen LogP contribution in [0.15, 0.2) is 12.3 Å². The third-order valence-corrected chi connectivity index (χ3v) is 1.87. The molecule has 0 unspecified atom stereocenters. The van der Waals surface area contributed by atoms with E-state index in [1.54, 1.807) is 6.20 Å². The molecular formula is C9H13NO4. The molecule has 1 aliphatic heterocycles. The van der Waals surface area contributed by atoms with Crippen molar-refractivity contribution in [3.63, 3.8) is 0 Å². The van der Waals surface area contributed by atoms with E-state index in [1.807, 2.05) is 4.90 Å². The minimum absolute atomic E-state index is 0.640. The molecule has 0 saturated carbocycles. The smallest absolute Gasteiger partial charge is 0.378 e. The average molecular weight is 199 g/mol. The molecule has 1 heterocycles. The van der Waals surface area contributed by atoms with Crippen molar-refractivity contribution in [1.29, 1.82) is 0 Å². The molecule has 0 aliphatic carbocycles. The zero-order valence-electron chi connectivity index (χ0n) is 8.06. The maximum atomic E-state index is 11.0. The molecule has 0 N–H and O–H groups in total. The average Bonchev–Trinajstić information content (AvgIpc) is 2.26. The first kappa shape index (κ1) is 10.7. The van der Waals surface area contributed by atoms with Gasteiger partial charge < -0.3 is 14.4 Å². The predicted molar refractivity (Wildman–Crippen MR) is 48.6 cm³/mol. The van der Waals surface area contributed by atoms with Crippen LogP contribution in [0.2, 0.25) is 0 Å². The summed E-state index contributed by atoms with van der Waals surface area (Å²) in [4.78, 5) is 23.6. The van der Waals surface area contributed by atoms with E-state index in [-0.39, 0.29) is 0 Å². The molecule has 0 aromatic heterocycles. The van der Waals surface area contributed by atoms with E-state index in [0.717, 1.165) is 13.1 Å². The lowest BCUT2D eigenvalue weighted by Gasteiger charge is -2.24. The molecule has 0 spiro atoms. The van der Waals surface area contributed by atoms with E-state index in [0.29, 0.717) is 13.2 Å².